The van der Waals surface area contributed by atoms with Gasteiger partial charge in [0.15, 0.2) is 6.61 Å². The number of amides is 2. The van der Waals surface area contributed by atoms with E-state index in [0.717, 1.165) is 10.8 Å². The molecule has 0 fully saturated rings. The van der Waals surface area contributed by atoms with Crippen LogP contribution in [0, 0.1) is 0 Å². The molecule has 0 spiro atoms. The summed E-state index contributed by atoms with van der Waals surface area (Å²) in [5, 5.41) is 5.66. The van der Waals surface area contributed by atoms with Crippen LogP contribution >= 0.6 is 11.3 Å². The van der Waals surface area contributed by atoms with E-state index in [4.69, 9.17) is 9.47 Å². The van der Waals surface area contributed by atoms with Crippen LogP contribution in [0.3, 0.4) is 0 Å². The van der Waals surface area contributed by atoms with E-state index < -0.39 is 24.4 Å². The van der Waals surface area contributed by atoms with Crippen LogP contribution in [0.4, 0.5) is 0 Å². The summed E-state index contributed by atoms with van der Waals surface area (Å²) >= 11 is 1.21. The Labute approximate surface area is 153 Å². The maximum atomic E-state index is 12.3. The van der Waals surface area contributed by atoms with Gasteiger partial charge < -0.3 is 9.47 Å². The molecule has 0 saturated carbocycles. The van der Waals surface area contributed by atoms with Gasteiger partial charge in [-0.2, -0.15) is 0 Å². The maximum Gasteiger partial charge on any atom is 0.342 e. The number of ether oxygens (including phenoxy) is 2. The van der Waals surface area contributed by atoms with E-state index in [1.54, 1.807) is 29.6 Å². The SMILES string of the molecule is COc1cc2ccccc2cc1C(=O)OCC(=O)NC(=O)c1cccs1. The van der Waals surface area contributed by atoms with Crippen LogP contribution in [0.25, 0.3) is 10.8 Å². The predicted molar refractivity (Wildman–Crippen MR) is 97.6 cm³/mol. The predicted octanol–water partition coefficient (Wildman–Crippen LogP) is 3.02. The first-order valence-electron chi connectivity index (χ1n) is 7.70. The minimum atomic E-state index is -0.702. The van der Waals surface area contributed by atoms with Gasteiger partial charge in [0.25, 0.3) is 11.8 Å². The number of carbonyl (C=O) groups is 3. The standard InChI is InChI=1S/C19H15NO5S/c1-24-15-10-13-6-3-2-5-12(13)9-14(15)19(23)25-11-17(21)20-18(22)16-7-4-8-26-16/h2-10H,11H2,1H3,(H,20,21,22). The minimum absolute atomic E-state index is 0.212. The number of imide groups is 1. The van der Waals surface area contributed by atoms with Gasteiger partial charge in [-0.3, -0.25) is 14.9 Å². The Morgan fingerprint density at radius 2 is 1.77 bits per heavy atom. The number of methoxy groups -OCH3 is 1. The summed E-state index contributed by atoms with van der Waals surface area (Å²) in [6.07, 6.45) is 0. The van der Waals surface area contributed by atoms with E-state index in [0.29, 0.717) is 10.6 Å². The number of carbonyl (C=O) groups excluding carboxylic acids is 3. The fraction of sp³-hybridized carbons (Fsp3) is 0.105. The van der Waals surface area contributed by atoms with Gasteiger partial charge in [-0.05, 0) is 34.4 Å². The first kappa shape index (κ1) is 17.6. The molecule has 1 heterocycles. The Hall–Kier alpha value is -3.19. The molecule has 0 saturated heterocycles. The molecule has 0 unspecified atom stereocenters. The van der Waals surface area contributed by atoms with Crippen molar-refractivity contribution < 1.29 is 23.9 Å². The summed E-state index contributed by atoms with van der Waals surface area (Å²) in [4.78, 5) is 36.3. The summed E-state index contributed by atoms with van der Waals surface area (Å²) in [7, 11) is 1.45. The van der Waals surface area contributed by atoms with Gasteiger partial charge in [-0.25, -0.2) is 4.79 Å². The fourth-order valence-electron chi connectivity index (χ4n) is 2.39. The minimum Gasteiger partial charge on any atom is -0.496 e. The molecule has 2 amide bonds. The summed E-state index contributed by atoms with van der Waals surface area (Å²) in [5.74, 6) is -1.57. The van der Waals surface area contributed by atoms with Gasteiger partial charge in [0.2, 0.25) is 0 Å². The van der Waals surface area contributed by atoms with Crippen LogP contribution in [0.2, 0.25) is 0 Å². The van der Waals surface area contributed by atoms with Crippen LogP contribution in [0.5, 0.6) is 5.75 Å². The van der Waals surface area contributed by atoms with Crippen LogP contribution in [-0.2, 0) is 9.53 Å². The number of thiophene rings is 1. The molecule has 26 heavy (non-hydrogen) atoms. The van der Waals surface area contributed by atoms with E-state index in [1.807, 2.05) is 24.3 Å². The van der Waals surface area contributed by atoms with Gasteiger partial charge >= 0.3 is 5.97 Å². The highest BCUT2D eigenvalue weighted by Gasteiger charge is 2.18. The molecule has 6 nitrogen and oxygen atoms in total. The zero-order valence-electron chi connectivity index (χ0n) is 13.9. The second kappa shape index (κ2) is 7.79. The highest BCUT2D eigenvalue weighted by atomic mass is 32.1. The van der Waals surface area contributed by atoms with Crippen LogP contribution in [-0.4, -0.2) is 31.5 Å². The van der Waals surface area contributed by atoms with Crippen molar-refractivity contribution in [2.75, 3.05) is 13.7 Å². The Kier molecular flexibility index (Phi) is 5.28. The van der Waals surface area contributed by atoms with Crippen molar-refractivity contribution in [2.45, 2.75) is 0 Å². The molecular weight excluding hydrogens is 354 g/mol. The van der Waals surface area contributed by atoms with Crippen molar-refractivity contribution in [3.63, 3.8) is 0 Å². The number of hydrogen-bond acceptors (Lipinski definition) is 6. The van der Waals surface area contributed by atoms with Crippen molar-refractivity contribution >= 4 is 39.9 Å². The Bertz CT molecular complexity index is 965. The molecule has 0 atom stereocenters. The average Bonchev–Trinajstić information content (AvgIpc) is 3.20. The topological polar surface area (TPSA) is 81.7 Å². The number of rotatable bonds is 5. The Morgan fingerprint density at radius 1 is 1.04 bits per heavy atom. The molecule has 1 N–H and O–H groups in total. The molecule has 1 aromatic heterocycles. The molecule has 3 rings (SSSR count). The van der Waals surface area contributed by atoms with Crippen LogP contribution < -0.4 is 10.1 Å². The van der Waals surface area contributed by atoms with Gasteiger partial charge in [0, 0.05) is 0 Å². The molecule has 0 bridgehead atoms. The van der Waals surface area contributed by atoms with E-state index in [9.17, 15) is 14.4 Å². The monoisotopic (exact) mass is 369 g/mol. The lowest BCUT2D eigenvalue weighted by molar-refractivity contribution is -0.123. The number of esters is 1. The lowest BCUT2D eigenvalue weighted by Crippen LogP contribution is -2.33. The van der Waals surface area contributed by atoms with Crippen molar-refractivity contribution in [1.29, 1.82) is 0 Å². The quantitative estimate of drug-likeness (QED) is 0.699. The first-order chi connectivity index (χ1) is 12.6. The molecule has 0 aliphatic carbocycles. The third-order valence-corrected chi connectivity index (χ3v) is 4.49. The number of nitrogens with one attached hydrogen (secondary N) is 1. The smallest absolute Gasteiger partial charge is 0.342 e. The third-order valence-electron chi connectivity index (χ3n) is 3.62. The zero-order chi connectivity index (χ0) is 18.5. The average molecular weight is 369 g/mol. The number of fused-ring (bicyclic) bond motifs is 1. The highest BCUT2D eigenvalue weighted by molar-refractivity contribution is 7.12. The fourth-order valence-corrected chi connectivity index (χ4v) is 3.01. The highest BCUT2D eigenvalue weighted by Crippen LogP contribution is 2.26. The summed E-state index contributed by atoms with van der Waals surface area (Å²) in [6, 6.07) is 14.2. The Balaban J connectivity index is 1.67. The lowest BCUT2D eigenvalue weighted by atomic mass is 10.1. The molecule has 0 aliphatic rings. The summed E-state index contributed by atoms with van der Waals surface area (Å²) in [5.41, 5.74) is 0.212. The summed E-state index contributed by atoms with van der Waals surface area (Å²) in [6.45, 7) is -0.564. The van der Waals surface area contributed by atoms with Crippen LogP contribution in [0.15, 0.2) is 53.9 Å². The van der Waals surface area contributed by atoms with Crippen molar-refractivity contribution in [3.05, 3.63) is 64.4 Å². The number of hydrogen-bond donors (Lipinski definition) is 1. The molecule has 2 aromatic carbocycles. The van der Waals surface area contributed by atoms with Crippen molar-refractivity contribution in [2.24, 2.45) is 0 Å². The van der Waals surface area contributed by atoms with E-state index >= 15 is 0 Å². The number of benzene rings is 2. The molecule has 0 radical (unpaired) electrons. The van der Waals surface area contributed by atoms with E-state index in [1.165, 1.54) is 18.4 Å². The molecule has 132 valence electrons. The van der Waals surface area contributed by atoms with Gasteiger partial charge in [-0.1, -0.05) is 30.3 Å². The van der Waals surface area contributed by atoms with Gasteiger partial charge in [0.05, 0.1) is 12.0 Å². The second-order valence-corrected chi connectivity index (χ2v) is 6.28. The first-order valence-corrected chi connectivity index (χ1v) is 8.58. The molecule has 7 heteroatoms. The molecular formula is C19H15NO5S. The van der Waals surface area contributed by atoms with Crippen LogP contribution in [0.1, 0.15) is 20.0 Å². The second-order valence-electron chi connectivity index (χ2n) is 5.33. The van der Waals surface area contributed by atoms with E-state index in [2.05, 4.69) is 5.32 Å². The maximum absolute atomic E-state index is 12.3. The summed E-state index contributed by atoms with van der Waals surface area (Å²) < 4.78 is 10.3. The van der Waals surface area contributed by atoms with Gasteiger partial charge in [-0.15, -0.1) is 11.3 Å². The lowest BCUT2D eigenvalue weighted by Gasteiger charge is -2.10. The Morgan fingerprint density at radius 3 is 2.42 bits per heavy atom. The van der Waals surface area contributed by atoms with Gasteiger partial charge in [0.1, 0.15) is 11.3 Å². The van der Waals surface area contributed by atoms with E-state index in [-0.39, 0.29) is 5.56 Å². The largest absolute Gasteiger partial charge is 0.496 e. The van der Waals surface area contributed by atoms with Crippen molar-refractivity contribution in [3.8, 4) is 5.75 Å². The molecule has 3 aromatic rings. The van der Waals surface area contributed by atoms with Crippen molar-refractivity contribution in [1.82, 2.24) is 5.32 Å². The zero-order valence-corrected chi connectivity index (χ0v) is 14.7. The normalized spacial score (nSPS) is 10.3. The third kappa shape index (κ3) is 3.89. The molecule has 0 aliphatic heterocycles.